The van der Waals surface area contributed by atoms with E-state index in [-0.39, 0.29) is 5.75 Å². The molecule has 0 aliphatic heterocycles. The molecule has 1 heterocycles. The van der Waals surface area contributed by atoms with E-state index in [1.165, 1.54) is 6.20 Å². The number of ether oxygens (including phenoxy) is 1. The van der Waals surface area contributed by atoms with Crippen molar-refractivity contribution in [2.45, 2.75) is 33.2 Å². The number of hydrogen-bond donors (Lipinski definition) is 2. The Bertz CT molecular complexity index is 486. The van der Waals surface area contributed by atoms with Crippen LogP contribution in [0.3, 0.4) is 0 Å². The first kappa shape index (κ1) is 16.7. The van der Waals surface area contributed by atoms with Crippen LogP contribution < -0.4 is 14.8 Å². The van der Waals surface area contributed by atoms with Crippen LogP contribution in [0.4, 0.5) is 5.69 Å². The predicted octanol–water partition coefficient (Wildman–Crippen LogP) is 1.61. The third-order valence-electron chi connectivity index (χ3n) is 2.44. The maximum absolute atomic E-state index is 11.9. The Balaban J connectivity index is 2.45. The number of pyridine rings is 1. The molecule has 0 fully saturated rings. The number of anilines is 1. The van der Waals surface area contributed by atoms with Crippen LogP contribution in [0.15, 0.2) is 18.3 Å². The van der Waals surface area contributed by atoms with Gasteiger partial charge in [-0.1, -0.05) is 13.8 Å². The number of aromatic nitrogens is 1. The Labute approximate surface area is 121 Å². The lowest BCUT2D eigenvalue weighted by atomic mass is 10.4. The third kappa shape index (κ3) is 6.72. The Hall–Kier alpha value is -1.34. The molecule has 20 heavy (non-hydrogen) atoms. The number of sulfonamides is 1. The SMILES string of the molecule is CCOc1ccc(NS(=O)(=O)CCCNC(C)C)cn1. The minimum Gasteiger partial charge on any atom is -0.478 e. The predicted molar refractivity (Wildman–Crippen MR) is 80.6 cm³/mol. The lowest BCUT2D eigenvalue weighted by molar-refractivity contribution is 0.327. The highest BCUT2D eigenvalue weighted by Gasteiger charge is 2.10. The second kappa shape index (κ2) is 8.06. The second-order valence-electron chi connectivity index (χ2n) is 4.70. The summed E-state index contributed by atoms with van der Waals surface area (Å²) >= 11 is 0. The van der Waals surface area contributed by atoms with Crippen LogP contribution in [0, 0.1) is 0 Å². The van der Waals surface area contributed by atoms with Crippen LogP contribution in [0.2, 0.25) is 0 Å². The standard InChI is InChI=1S/C13H23N3O3S/c1-4-19-13-7-6-12(10-15-13)16-20(17,18)9-5-8-14-11(2)3/h6-7,10-11,14,16H,4-5,8-9H2,1-3H3. The molecule has 6 nitrogen and oxygen atoms in total. The maximum Gasteiger partial charge on any atom is 0.232 e. The molecule has 0 unspecified atom stereocenters. The summed E-state index contributed by atoms with van der Waals surface area (Å²) in [4.78, 5) is 4.01. The molecular formula is C13H23N3O3S. The lowest BCUT2D eigenvalue weighted by Gasteiger charge is -2.10. The van der Waals surface area contributed by atoms with Gasteiger partial charge in [-0.25, -0.2) is 13.4 Å². The largest absolute Gasteiger partial charge is 0.478 e. The smallest absolute Gasteiger partial charge is 0.232 e. The molecule has 0 amide bonds. The van der Waals surface area contributed by atoms with Crippen LogP contribution in [-0.2, 0) is 10.0 Å². The first-order chi connectivity index (χ1) is 9.43. The monoisotopic (exact) mass is 301 g/mol. The molecule has 114 valence electrons. The van der Waals surface area contributed by atoms with Gasteiger partial charge in [0, 0.05) is 12.1 Å². The first-order valence-corrected chi connectivity index (χ1v) is 8.41. The first-order valence-electron chi connectivity index (χ1n) is 6.75. The molecule has 0 aliphatic carbocycles. The van der Waals surface area contributed by atoms with Gasteiger partial charge in [-0.15, -0.1) is 0 Å². The average molecular weight is 301 g/mol. The molecule has 0 aliphatic rings. The molecule has 7 heteroatoms. The van der Waals surface area contributed by atoms with Crippen LogP contribution >= 0.6 is 0 Å². The number of nitrogens with one attached hydrogen (secondary N) is 2. The van der Waals surface area contributed by atoms with Gasteiger partial charge in [0.2, 0.25) is 15.9 Å². The molecule has 0 aromatic carbocycles. The highest BCUT2D eigenvalue weighted by molar-refractivity contribution is 7.92. The summed E-state index contributed by atoms with van der Waals surface area (Å²) in [6.07, 6.45) is 2.02. The fourth-order valence-electron chi connectivity index (χ4n) is 1.56. The fourth-order valence-corrected chi connectivity index (χ4v) is 2.66. The van der Waals surface area contributed by atoms with Crippen molar-refractivity contribution < 1.29 is 13.2 Å². The van der Waals surface area contributed by atoms with Gasteiger partial charge in [-0.05, 0) is 26.0 Å². The second-order valence-corrected chi connectivity index (χ2v) is 6.54. The van der Waals surface area contributed by atoms with Gasteiger partial charge in [-0.2, -0.15) is 0 Å². The normalized spacial score (nSPS) is 11.6. The van der Waals surface area contributed by atoms with Gasteiger partial charge >= 0.3 is 0 Å². The zero-order valence-electron chi connectivity index (χ0n) is 12.2. The highest BCUT2D eigenvalue weighted by atomic mass is 32.2. The lowest BCUT2D eigenvalue weighted by Crippen LogP contribution is -2.26. The van der Waals surface area contributed by atoms with Crippen LogP contribution in [0.5, 0.6) is 5.88 Å². The summed E-state index contributed by atoms with van der Waals surface area (Å²) in [6, 6.07) is 3.64. The van der Waals surface area contributed by atoms with Crippen LogP contribution in [0.1, 0.15) is 27.2 Å². The highest BCUT2D eigenvalue weighted by Crippen LogP contribution is 2.13. The molecule has 0 bridgehead atoms. The molecule has 1 rings (SSSR count). The van der Waals surface area contributed by atoms with E-state index in [0.29, 0.717) is 37.2 Å². The van der Waals surface area contributed by atoms with Gasteiger partial charge in [0.1, 0.15) is 0 Å². The van der Waals surface area contributed by atoms with E-state index < -0.39 is 10.0 Å². The molecule has 1 aromatic rings. The number of rotatable bonds is 9. The van der Waals surface area contributed by atoms with Crippen molar-refractivity contribution in [2.75, 3.05) is 23.6 Å². The summed E-state index contributed by atoms with van der Waals surface area (Å²) in [5.74, 6) is 0.566. The van der Waals surface area contributed by atoms with E-state index in [2.05, 4.69) is 15.0 Å². The summed E-state index contributed by atoms with van der Waals surface area (Å²) in [5, 5.41) is 3.18. The number of nitrogens with zero attached hydrogens (tertiary/aromatic N) is 1. The Morgan fingerprint density at radius 2 is 2.10 bits per heavy atom. The van der Waals surface area contributed by atoms with Crippen LogP contribution in [0.25, 0.3) is 0 Å². The zero-order chi connectivity index (χ0) is 15.0. The average Bonchev–Trinajstić information content (AvgIpc) is 2.37. The van der Waals surface area contributed by atoms with Gasteiger partial charge in [-0.3, -0.25) is 4.72 Å². The minimum atomic E-state index is -3.33. The zero-order valence-corrected chi connectivity index (χ0v) is 13.0. The van der Waals surface area contributed by atoms with E-state index >= 15 is 0 Å². The van der Waals surface area contributed by atoms with Crippen molar-refractivity contribution in [3.8, 4) is 5.88 Å². The van der Waals surface area contributed by atoms with E-state index in [1.54, 1.807) is 12.1 Å². The summed E-state index contributed by atoms with van der Waals surface area (Å²) in [6.45, 7) is 7.13. The molecule has 2 N–H and O–H groups in total. The van der Waals surface area contributed by atoms with Crippen molar-refractivity contribution in [2.24, 2.45) is 0 Å². The molecule has 0 radical (unpaired) electrons. The van der Waals surface area contributed by atoms with Crippen molar-refractivity contribution >= 4 is 15.7 Å². The van der Waals surface area contributed by atoms with E-state index in [1.807, 2.05) is 20.8 Å². The maximum atomic E-state index is 11.9. The van der Waals surface area contributed by atoms with Gasteiger partial charge in [0.15, 0.2) is 0 Å². The van der Waals surface area contributed by atoms with Crippen molar-refractivity contribution in [3.63, 3.8) is 0 Å². The van der Waals surface area contributed by atoms with Gasteiger partial charge < -0.3 is 10.1 Å². The molecule has 0 saturated heterocycles. The van der Waals surface area contributed by atoms with Gasteiger partial charge in [0.05, 0.1) is 24.2 Å². The Morgan fingerprint density at radius 1 is 1.35 bits per heavy atom. The Kier molecular flexibility index (Phi) is 6.74. The third-order valence-corrected chi connectivity index (χ3v) is 3.82. The van der Waals surface area contributed by atoms with E-state index in [0.717, 1.165) is 0 Å². The van der Waals surface area contributed by atoms with Crippen molar-refractivity contribution in [1.29, 1.82) is 0 Å². The van der Waals surface area contributed by atoms with Crippen LogP contribution in [-0.4, -0.2) is 38.3 Å². The minimum absolute atomic E-state index is 0.0833. The fraction of sp³-hybridized carbons (Fsp3) is 0.615. The molecule has 1 aromatic heterocycles. The van der Waals surface area contributed by atoms with E-state index in [4.69, 9.17) is 4.74 Å². The van der Waals surface area contributed by atoms with E-state index in [9.17, 15) is 8.42 Å². The summed E-state index contributed by atoms with van der Waals surface area (Å²) in [7, 11) is -3.33. The molecule has 0 spiro atoms. The number of hydrogen-bond acceptors (Lipinski definition) is 5. The summed E-state index contributed by atoms with van der Waals surface area (Å²) < 4.78 is 31.4. The van der Waals surface area contributed by atoms with Crippen molar-refractivity contribution in [1.82, 2.24) is 10.3 Å². The van der Waals surface area contributed by atoms with Gasteiger partial charge in [0.25, 0.3) is 0 Å². The van der Waals surface area contributed by atoms with Crippen molar-refractivity contribution in [3.05, 3.63) is 18.3 Å². The summed E-state index contributed by atoms with van der Waals surface area (Å²) in [5.41, 5.74) is 0.449. The quantitative estimate of drug-likeness (QED) is 0.677. The molecular weight excluding hydrogens is 278 g/mol. The molecule has 0 atom stereocenters. The topological polar surface area (TPSA) is 80.3 Å². The Morgan fingerprint density at radius 3 is 2.65 bits per heavy atom. The molecule has 0 saturated carbocycles.